The first kappa shape index (κ1) is 19.8. The Morgan fingerprint density at radius 3 is 2.94 bits per heavy atom. The summed E-state index contributed by atoms with van der Waals surface area (Å²) < 4.78 is 49.1. The predicted octanol–water partition coefficient (Wildman–Crippen LogP) is 3.50. The molecule has 1 aliphatic carbocycles. The van der Waals surface area contributed by atoms with Crippen molar-refractivity contribution in [1.82, 2.24) is 9.55 Å². The van der Waals surface area contributed by atoms with E-state index >= 15 is 0 Å². The number of hydrogen-bond acceptors (Lipinski definition) is 7. The molecule has 4 aromatic rings. The third-order valence-corrected chi connectivity index (χ3v) is 7.61. The fourth-order valence-corrected chi connectivity index (χ4v) is 5.96. The SMILES string of the molecule is Nc1cccc2c1CCCC2n1c(=O)oc2cc(S(=O)(=O)Nc3nccs3)c(F)cc21. The molecule has 8 nitrogen and oxygen atoms in total. The van der Waals surface area contributed by atoms with Gasteiger partial charge in [0.15, 0.2) is 10.7 Å². The Kier molecular flexibility index (Phi) is 4.59. The first-order valence-corrected chi connectivity index (χ1v) is 11.9. The van der Waals surface area contributed by atoms with Gasteiger partial charge < -0.3 is 10.2 Å². The van der Waals surface area contributed by atoms with Gasteiger partial charge in [-0.1, -0.05) is 12.1 Å². The van der Waals surface area contributed by atoms with Gasteiger partial charge in [0.05, 0.1) is 11.6 Å². The Morgan fingerprint density at radius 2 is 2.16 bits per heavy atom. The molecule has 0 spiro atoms. The maximum atomic E-state index is 14.9. The number of sulfonamides is 1. The first-order chi connectivity index (χ1) is 14.8. The number of fused-ring (bicyclic) bond motifs is 2. The molecule has 1 unspecified atom stereocenters. The van der Waals surface area contributed by atoms with Crippen molar-refractivity contribution >= 4 is 43.3 Å². The first-order valence-electron chi connectivity index (χ1n) is 9.49. The van der Waals surface area contributed by atoms with Crippen LogP contribution in [0, 0.1) is 5.82 Å². The Morgan fingerprint density at radius 1 is 1.32 bits per heavy atom. The zero-order valence-electron chi connectivity index (χ0n) is 16.0. The number of nitrogens with zero attached hydrogens (tertiary/aromatic N) is 2. The molecule has 0 radical (unpaired) electrons. The van der Waals surface area contributed by atoms with Crippen LogP contribution in [0.5, 0.6) is 0 Å². The van der Waals surface area contributed by atoms with Gasteiger partial charge in [0, 0.05) is 29.4 Å². The van der Waals surface area contributed by atoms with E-state index in [-0.39, 0.29) is 22.3 Å². The van der Waals surface area contributed by atoms with E-state index in [0.717, 1.165) is 47.4 Å². The molecule has 160 valence electrons. The van der Waals surface area contributed by atoms with E-state index in [1.807, 2.05) is 18.2 Å². The van der Waals surface area contributed by atoms with Crippen molar-refractivity contribution in [3.8, 4) is 0 Å². The summed E-state index contributed by atoms with van der Waals surface area (Å²) in [5.74, 6) is -1.67. The third-order valence-electron chi connectivity index (χ3n) is 5.43. The second kappa shape index (κ2) is 7.20. The largest absolute Gasteiger partial charge is 0.420 e. The van der Waals surface area contributed by atoms with Gasteiger partial charge in [-0.15, -0.1) is 11.3 Å². The van der Waals surface area contributed by atoms with Crippen LogP contribution in [0.4, 0.5) is 15.2 Å². The number of oxazole rings is 1. The summed E-state index contributed by atoms with van der Waals surface area (Å²) in [5.41, 5.74) is 8.79. The number of thiazole rings is 1. The lowest BCUT2D eigenvalue weighted by atomic mass is 9.86. The van der Waals surface area contributed by atoms with E-state index in [1.54, 1.807) is 5.38 Å². The molecule has 2 heterocycles. The number of anilines is 2. The minimum atomic E-state index is -4.25. The molecule has 1 aliphatic rings. The van der Waals surface area contributed by atoms with E-state index in [1.165, 1.54) is 10.8 Å². The molecule has 2 aromatic carbocycles. The quantitative estimate of drug-likeness (QED) is 0.450. The zero-order chi connectivity index (χ0) is 21.8. The van der Waals surface area contributed by atoms with Crippen LogP contribution in [0.1, 0.15) is 30.0 Å². The lowest BCUT2D eigenvalue weighted by Gasteiger charge is -2.27. The van der Waals surface area contributed by atoms with Crippen molar-refractivity contribution in [3.05, 3.63) is 69.4 Å². The summed E-state index contributed by atoms with van der Waals surface area (Å²) in [6, 6.07) is 7.20. The van der Waals surface area contributed by atoms with Crippen LogP contribution >= 0.6 is 11.3 Å². The standard InChI is InChI=1S/C20H17FN4O4S2/c21-13-9-16-17(10-18(13)31(27,28)24-19-23-7-8-30-19)29-20(26)25(16)15-6-2-3-11-12(15)4-1-5-14(11)22/h1,4-5,7-10,15H,2-3,6,22H2,(H,23,24). The summed E-state index contributed by atoms with van der Waals surface area (Å²) in [6.07, 6.45) is 3.67. The smallest absolute Gasteiger partial charge is 0.408 e. The Labute approximate surface area is 180 Å². The van der Waals surface area contributed by atoms with Crippen molar-refractivity contribution in [2.75, 3.05) is 10.5 Å². The molecule has 0 saturated carbocycles. The Bertz CT molecular complexity index is 1460. The summed E-state index contributed by atoms with van der Waals surface area (Å²) in [5, 5.41) is 1.70. The molecule has 3 N–H and O–H groups in total. The summed E-state index contributed by atoms with van der Waals surface area (Å²) in [4.78, 5) is 16.0. The number of hydrogen-bond donors (Lipinski definition) is 2. The van der Waals surface area contributed by atoms with Gasteiger partial charge in [-0.2, -0.15) is 0 Å². The molecule has 0 saturated heterocycles. The van der Waals surface area contributed by atoms with Gasteiger partial charge in [0.25, 0.3) is 10.0 Å². The van der Waals surface area contributed by atoms with Crippen LogP contribution in [0.2, 0.25) is 0 Å². The highest BCUT2D eigenvalue weighted by Crippen LogP contribution is 2.37. The van der Waals surface area contributed by atoms with E-state index in [4.69, 9.17) is 10.2 Å². The monoisotopic (exact) mass is 460 g/mol. The van der Waals surface area contributed by atoms with Crippen molar-refractivity contribution in [1.29, 1.82) is 0 Å². The van der Waals surface area contributed by atoms with E-state index < -0.39 is 26.5 Å². The number of nitrogens with two attached hydrogens (primary N) is 1. The minimum Gasteiger partial charge on any atom is -0.408 e. The fraction of sp³-hybridized carbons (Fsp3) is 0.200. The molecular weight excluding hydrogens is 443 g/mol. The van der Waals surface area contributed by atoms with Crippen molar-refractivity contribution in [3.63, 3.8) is 0 Å². The zero-order valence-corrected chi connectivity index (χ0v) is 17.7. The molecule has 5 rings (SSSR count). The number of aromatic nitrogens is 2. The minimum absolute atomic E-state index is 0.0121. The summed E-state index contributed by atoms with van der Waals surface area (Å²) in [7, 11) is -4.25. The van der Waals surface area contributed by atoms with Crippen LogP contribution in [-0.4, -0.2) is 18.0 Å². The normalized spacial score (nSPS) is 16.4. The van der Waals surface area contributed by atoms with Crippen LogP contribution in [-0.2, 0) is 16.4 Å². The number of halogens is 1. The molecule has 11 heteroatoms. The summed E-state index contributed by atoms with van der Waals surface area (Å²) in [6.45, 7) is 0. The highest BCUT2D eigenvalue weighted by Gasteiger charge is 2.29. The number of rotatable bonds is 4. The van der Waals surface area contributed by atoms with Crippen molar-refractivity contribution in [2.45, 2.75) is 30.2 Å². The molecular formula is C20H17FN4O4S2. The van der Waals surface area contributed by atoms with Crippen LogP contribution in [0.25, 0.3) is 11.1 Å². The fourth-order valence-electron chi connectivity index (χ4n) is 4.10. The lowest BCUT2D eigenvalue weighted by molar-refractivity contribution is 0.438. The topological polar surface area (TPSA) is 120 Å². The maximum absolute atomic E-state index is 14.9. The van der Waals surface area contributed by atoms with Gasteiger partial charge in [-0.25, -0.2) is 22.6 Å². The van der Waals surface area contributed by atoms with Gasteiger partial charge in [0.2, 0.25) is 0 Å². The van der Waals surface area contributed by atoms with Gasteiger partial charge in [-0.3, -0.25) is 9.29 Å². The molecule has 0 fully saturated rings. The van der Waals surface area contributed by atoms with Crippen LogP contribution < -0.4 is 16.2 Å². The van der Waals surface area contributed by atoms with Crippen LogP contribution in [0.15, 0.2) is 56.0 Å². The van der Waals surface area contributed by atoms with Crippen LogP contribution in [0.3, 0.4) is 0 Å². The molecule has 1 atom stereocenters. The lowest BCUT2D eigenvalue weighted by Crippen LogP contribution is -2.25. The second-order valence-corrected chi connectivity index (χ2v) is 9.80. The van der Waals surface area contributed by atoms with E-state index in [2.05, 4.69) is 9.71 Å². The summed E-state index contributed by atoms with van der Waals surface area (Å²) >= 11 is 1.06. The third kappa shape index (κ3) is 3.29. The number of nitrogen functional groups attached to an aromatic ring is 1. The van der Waals surface area contributed by atoms with Crippen molar-refractivity contribution < 1.29 is 17.2 Å². The molecule has 0 amide bonds. The van der Waals surface area contributed by atoms with E-state index in [9.17, 15) is 17.6 Å². The van der Waals surface area contributed by atoms with E-state index in [0.29, 0.717) is 12.1 Å². The Balaban J connectivity index is 1.64. The molecule has 0 bridgehead atoms. The maximum Gasteiger partial charge on any atom is 0.420 e. The molecule has 2 aromatic heterocycles. The Hall–Kier alpha value is -3.18. The van der Waals surface area contributed by atoms with Gasteiger partial charge in [0.1, 0.15) is 10.7 Å². The average molecular weight is 461 g/mol. The molecule has 0 aliphatic heterocycles. The molecule has 31 heavy (non-hydrogen) atoms. The number of benzene rings is 2. The average Bonchev–Trinajstić information content (AvgIpc) is 3.33. The van der Waals surface area contributed by atoms with Crippen molar-refractivity contribution in [2.24, 2.45) is 0 Å². The van der Waals surface area contributed by atoms with Gasteiger partial charge in [-0.05, 0) is 36.5 Å². The predicted molar refractivity (Wildman–Crippen MR) is 115 cm³/mol. The number of nitrogens with one attached hydrogen (secondary N) is 1. The highest BCUT2D eigenvalue weighted by molar-refractivity contribution is 7.93. The second-order valence-electron chi connectivity index (χ2n) is 7.25. The van der Waals surface area contributed by atoms with Gasteiger partial charge >= 0.3 is 5.76 Å². The highest BCUT2D eigenvalue weighted by atomic mass is 32.2.